The summed E-state index contributed by atoms with van der Waals surface area (Å²) in [5.41, 5.74) is 7.75. The van der Waals surface area contributed by atoms with E-state index in [0.717, 1.165) is 24.3 Å². The van der Waals surface area contributed by atoms with Crippen LogP contribution in [0.25, 0.3) is 0 Å². The van der Waals surface area contributed by atoms with Gasteiger partial charge in [-0.2, -0.15) is 0 Å². The van der Waals surface area contributed by atoms with E-state index in [1.807, 2.05) is 24.3 Å². The summed E-state index contributed by atoms with van der Waals surface area (Å²) in [6, 6.07) is 12.3. The van der Waals surface area contributed by atoms with Crippen LogP contribution in [-0.2, 0) is 11.2 Å². The monoisotopic (exact) mass is 415 g/mol. The second kappa shape index (κ2) is 11.4. The molecule has 1 unspecified atom stereocenters. The molecule has 3 N–H and O–H groups in total. The van der Waals surface area contributed by atoms with E-state index in [0.29, 0.717) is 25.4 Å². The molecule has 0 aliphatic carbocycles. The minimum atomic E-state index is 0. The lowest BCUT2D eigenvalue weighted by atomic mass is 10.1. The van der Waals surface area contributed by atoms with Crippen molar-refractivity contribution in [2.24, 2.45) is 0 Å². The van der Waals surface area contributed by atoms with Crippen molar-refractivity contribution in [3.05, 3.63) is 52.2 Å². The van der Waals surface area contributed by atoms with Gasteiger partial charge in [-0.15, -0.1) is 36.2 Å². The first kappa shape index (κ1) is 22.8. The molecule has 26 heavy (non-hydrogen) atoms. The van der Waals surface area contributed by atoms with Gasteiger partial charge in [0.2, 0.25) is 5.91 Å². The molecule has 1 aliphatic rings. The zero-order valence-electron chi connectivity index (χ0n) is 14.7. The van der Waals surface area contributed by atoms with Gasteiger partial charge >= 0.3 is 0 Å². The van der Waals surface area contributed by atoms with Crippen molar-refractivity contribution in [2.45, 2.75) is 31.7 Å². The maximum atomic E-state index is 12.2. The van der Waals surface area contributed by atoms with Crippen LogP contribution >= 0.6 is 36.2 Å². The Morgan fingerprint density at radius 2 is 1.88 bits per heavy atom. The number of benzene rings is 1. The first-order valence-electron chi connectivity index (χ1n) is 8.61. The largest absolute Gasteiger partial charge is 0.399 e. The van der Waals surface area contributed by atoms with E-state index < -0.39 is 0 Å². The Labute approximate surface area is 172 Å². The molecule has 144 valence electrons. The number of para-hydroxylation sites is 1. The Hall–Kier alpha value is -1.27. The summed E-state index contributed by atoms with van der Waals surface area (Å²) in [7, 11) is 0. The van der Waals surface area contributed by atoms with Gasteiger partial charge in [-0.25, -0.2) is 0 Å². The third-order valence-corrected chi connectivity index (χ3v) is 5.60. The molecule has 0 spiro atoms. The summed E-state index contributed by atoms with van der Waals surface area (Å²) in [6.45, 7) is 2.93. The number of hydrogen-bond acceptors (Lipinski definition) is 4. The maximum absolute atomic E-state index is 12.2. The van der Waals surface area contributed by atoms with Crippen LogP contribution in [0.2, 0.25) is 0 Å². The van der Waals surface area contributed by atoms with Crippen molar-refractivity contribution in [2.75, 3.05) is 25.4 Å². The SMILES string of the molecule is Cl.Cl.Nc1ccccc1CCC(=O)NCC(c1cccs1)N1CCCC1. The minimum absolute atomic E-state index is 0. The van der Waals surface area contributed by atoms with Crippen LogP contribution in [0.15, 0.2) is 41.8 Å². The Kier molecular flexibility index (Phi) is 10.0. The normalized spacial score (nSPS) is 14.9. The summed E-state index contributed by atoms with van der Waals surface area (Å²) in [4.78, 5) is 16.1. The number of nitrogens with zero attached hydrogens (tertiary/aromatic N) is 1. The molecule has 1 saturated heterocycles. The Balaban J connectivity index is 0.00000169. The number of anilines is 1. The van der Waals surface area contributed by atoms with Crippen molar-refractivity contribution >= 4 is 47.7 Å². The lowest BCUT2D eigenvalue weighted by molar-refractivity contribution is -0.121. The minimum Gasteiger partial charge on any atom is -0.399 e. The Morgan fingerprint density at radius 1 is 1.15 bits per heavy atom. The predicted molar refractivity (Wildman–Crippen MR) is 115 cm³/mol. The molecule has 1 amide bonds. The molecule has 1 aromatic heterocycles. The third kappa shape index (κ3) is 6.16. The fourth-order valence-electron chi connectivity index (χ4n) is 3.25. The van der Waals surface area contributed by atoms with Crippen molar-refractivity contribution in [3.63, 3.8) is 0 Å². The second-order valence-electron chi connectivity index (χ2n) is 6.28. The van der Waals surface area contributed by atoms with Crippen molar-refractivity contribution in [3.8, 4) is 0 Å². The van der Waals surface area contributed by atoms with Crippen molar-refractivity contribution in [1.82, 2.24) is 10.2 Å². The van der Waals surface area contributed by atoms with Gasteiger partial charge in [-0.1, -0.05) is 24.3 Å². The first-order chi connectivity index (χ1) is 11.7. The molecule has 7 heteroatoms. The van der Waals surface area contributed by atoms with Crippen molar-refractivity contribution in [1.29, 1.82) is 0 Å². The summed E-state index contributed by atoms with van der Waals surface area (Å²) >= 11 is 1.77. The lowest BCUT2D eigenvalue weighted by Crippen LogP contribution is -2.36. The summed E-state index contributed by atoms with van der Waals surface area (Å²) < 4.78 is 0. The van der Waals surface area contributed by atoms with Crippen LogP contribution < -0.4 is 11.1 Å². The van der Waals surface area contributed by atoms with Crippen LogP contribution in [-0.4, -0.2) is 30.4 Å². The van der Waals surface area contributed by atoms with E-state index in [1.54, 1.807) is 11.3 Å². The van der Waals surface area contributed by atoms with Crippen LogP contribution in [0.3, 0.4) is 0 Å². The highest BCUT2D eigenvalue weighted by Gasteiger charge is 2.24. The summed E-state index contributed by atoms with van der Waals surface area (Å²) in [6.07, 6.45) is 3.67. The lowest BCUT2D eigenvalue weighted by Gasteiger charge is -2.27. The van der Waals surface area contributed by atoms with Gasteiger partial charge in [-0.05, 0) is 55.4 Å². The van der Waals surface area contributed by atoms with Crippen LogP contribution in [0.4, 0.5) is 5.69 Å². The van der Waals surface area contributed by atoms with Crippen LogP contribution in [0, 0.1) is 0 Å². The van der Waals surface area contributed by atoms with Gasteiger partial charge in [0, 0.05) is 23.5 Å². The van der Waals surface area contributed by atoms with E-state index in [9.17, 15) is 4.79 Å². The number of hydrogen-bond donors (Lipinski definition) is 2. The predicted octanol–water partition coefficient (Wildman–Crippen LogP) is 4.06. The number of nitrogens with two attached hydrogens (primary N) is 1. The molecule has 0 bridgehead atoms. The number of amides is 1. The molecule has 2 heterocycles. The fourth-order valence-corrected chi connectivity index (χ4v) is 4.11. The maximum Gasteiger partial charge on any atom is 0.220 e. The first-order valence-corrected chi connectivity index (χ1v) is 9.49. The Morgan fingerprint density at radius 3 is 2.54 bits per heavy atom. The molecule has 4 nitrogen and oxygen atoms in total. The van der Waals surface area contributed by atoms with Gasteiger partial charge in [0.05, 0.1) is 6.04 Å². The zero-order valence-corrected chi connectivity index (χ0v) is 17.2. The molecular weight excluding hydrogens is 389 g/mol. The third-order valence-electron chi connectivity index (χ3n) is 4.62. The number of aryl methyl sites for hydroxylation is 1. The van der Waals surface area contributed by atoms with E-state index >= 15 is 0 Å². The number of nitrogens with one attached hydrogen (secondary N) is 1. The number of likely N-dealkylation sites (tertiary alicyclic amines) is 1. The van der Waals surface area contributed by atoms with Gasteiger partial charge in [-0.3, -0.25) is 9.69 Å². The highest BCUT2D eigenvalue weighted by atomic mass is 35.5. The molecule has 0 saturated carbocycles. The molecule has 1 fully saturated rings. The summed E-state index contributed by atoms with van der Waals surface area (Å²) in [5.74, 6) is 0.0963. The van der Waals surface area contributed by atoms with Crippen LogP contribution in [0.5, 0.6) is 0 Å². The quantitative estimate of drug-likeness (QED) is 0.670. The number of rotatable bonds is 7. The van der Waals surface area contributed by atoms with Gasteiger partial charge < -0.3 is 11.1 Å². The number of nitrogen functional groups attached to an aromatic ring is 1. The number of carbonyl (C=O) groups is 1. The smallest absolute Gasteiger partial charge is 0.220 e. The highest BCUT2D eigenvalue weighted by molar-refractivity contribution is 7.10. The van der Waals surface area contributed by atoms with E-state index in [4.69, 9.17) is 5.73 Å². The zero-order chi connectivity index (χ0) is 16.8. The molecule has 1 atom stereocenters. The Bertz CT molecular complexity index is 661. The average molecular weight is 416 g/mol. The second-order valence-corrected chi connectivity index (χ2v) is 7.26. The molecular formula is C19H27Cl2N3OS. The van der Waals surface area contributed by atoms with E-state index in [-0.39, 0.29) is 30.7 Å². The van der Waals surface area contributed by atoms with E-state index in [1.165, 1.54) is 17.7 Å². The summed E-state index contributed by atoms with van der Waals surface area (Å²) in [5, 5.41) is 5.23. The number of carbonyl (C=O) groups excluding carboxylic acids is 1. The van der Waals surface area contributed by atoms with Crippen molar-refractivity contribution < 1.29 is 4.79 Å². The van der Waals surface area contributed by atoms with Crippen LogP contribution in [0.1, 0.15) is 35.7 Å². The number of thiophene rings is 1. The number of halogens is 2. The fraction of sp³-hybridized carbons (Fsp3) is 0.421. The highest BCUT2D eigenvalue weighted by Crippen LogP contribution is 2.27. The van der Waals surface area contributed by atoms with Gasteiger partial charge in [0.1, 0.15) is 0 Å². The molecule has 0 radical (unpaired) electrons. The molecule has 1 aromatic carbocycles. The average Bonchev–Trinajstić information content (AvgIpc) is 3.28. The van der Waals surface area contributed by atoms with Gasteiger partial charge in [0.15, 0.2) is 0 Å². The molecule has 1 aliphatic heterocycles. The van der Waals surface area contributed by atoms with Gasteiger partial charge in [0.25, 0.3) is 0 Å². The topological polar surface area (TPSA) is 58.4 Å². The molecule has 3 rings (SSSR count). The standard InChI is InChI=1S/C19H25N3OS.2ClH/c20-16-7-2-1-6-15(16)9-10-19(23)21-14-17(18-8-5-13-24-18)22-11-3-4-12-22;;/h1-2,5-8,13,17H,3-4,9-12,14,20H2,(H,21,23);2*1H. The van der Waals surface area contributed by atoms with E-state index in [2.05, 4.69) is 27.7 Å². The molecule has 2 aromatic rings.